The summed E-state index contributed by atoms with van der Waals surface area (Å²) in [6, 6.07) is 0.275. The Morgan fingerprint density at radius 3 is 2.00 bits per heavy atom. The largest absolute Gasteiger partial charge is 0.352 e. The van der Waals surface area contributed by atoms with Crippen LogP contribution >= 0.6 is 15.9 Å². The number of hydrogen-bond acceptors (Lipinski definition) is 1. The van der Waals surface area contributed by atoms with Crippen LogP contribution in [0.5, 0.6) is 0 Å². The number of hydrogen-bond donors (Lipinski definition) is 1. The molecule has 1 amide bonds. The highest BCUT2D eigenvalue weighted by Crippen LogP contribution is 2.60. The van der Waals surface area contributed by atoms with Crippen LogP contribution in [0, 0.1) is 28.6 Å². The molecule has 1 atom stereocenters. The van der Waals surface area contributed by atoms with Crippen molar-refractivity contribution in [2.24, 2.45) is 28.6 Å². The first kappa shape index (κ1) is 15.8. The molecule has 0 aliphatic heterocycles. The van der Waals surface area contributed by atoms with Crippen molar-refractivity contribution < 1.29 is 4.79 Å². The number of carbonyl (C=O) groups excluding carboxylic acids is 1. The van der Waals surface area contributed by atoms with Gasteiger partial charge in [-0.3, -0.25) is 4.79 Å². The van der Waals surface area contributed by atoms with Crippen molar-refractivity contribution in [3.63, 3.8) is 0 Å². The predicted octanol–water partition coefficient (Wildman–Crippen LogP) is 4.52. The van der Waals surface area contributed by atoms with Gasteiger partial charge in [-0.1, -0.05) is 36.7 Å². The van der Waals surface area contributed by atoms with E-state index in [0.29, 0.717) is 5.91 Å². The van der Waals surface area contributed by atoms with Gasteiger partial charge in [0.25, 0.3) is 0 Å². The molecule has 1 unspecified atom stereocenters. The third kappa shape index (κ3) is 3.04. The molecule has 3 heteroatoms. The molecule has 0 aromatic carbocycles. The smallest absolute Gasteiger partial charge is 0.226 e. The molecule has 0 heterocycles. The van der Waals surface area contributed by atoms with Crippen molar-refractivity contribution in [2.45, 2.75) is 71.8 Å². The first-order valence-electron chi connectivity index (χ1n) is 8.69. The fourth-order valence-corrected chi connectivity index (χ4v) is 5.99. The molecule has 0 radical (unpaired) electrons. The monoisotopic (exact) mass is 355 g/mol. The molecule has 4 aliphatic rings. The number of amides is 1. The molecule has 0 aromatic rings. The fourth-order valence-electron chi connectivity index (χ4n) is 5.53. The summed E-state index contributed by atoms with van der Waals surface area (Å²) in [5, 5.41) is 4.40. The second kappa shape index (κ2) is 5.54. The molecule has 4 saturated carbocycles. The lowest BCUT2D eigenvalue weighted by Gasteiger charge is -2.56. The zero-order chi connectivity index (χ0) is 15.3. The molecule has 2 nitrogen and oxygen atoms in total. The fraction of sp³-hybridized carbons (Fsp3) is 0.944. The van der Waals surface area contributed by atoms with Crippen molar-refractivity contribution >= 4 is 21.8 Å². The SMILES string of the molecule is CC(C)(C)C(CCBr)NC(=O)C12CC3CC(CC(C3)C1)C2. The molecule has 120 valence electrons. The summed E-state index contributed by atoms with van der Waals surface area (Å²) in [5.41, 5.74) is 0.121. The van der Waals surface area contributed by atoms with E-state index in [1.165, 1.54) is 19.3 Å². The summed E-state index contributed by atoms with van der Waals surface area (Å²) in [6.45, 7) is 6.71. The Labute approximate surface area is 138 Å². The third-order valence-electron chi connectivity index (χ3n) is 6.27. The quantitative estimate of drug-likeness (QED) is 0.738. The topological polar surface area (TPSA) is 29.1 Å². The highest BCUT2D eigenvalue weighted by atomic mass is 79.9. The van der Waals surface area contributed by atoms with Crippen LogP contribution in [0.1, 0.15) is 65.7 Å². The van der Waals surface area contributed by atoms with Crippen LogP contribution in [0.3, 0.4) is 0 Å². The van der Waals surface area contributed by atoms with Crippen molar-refractivity contribution in [1.29, 1.82) is 0 Å². The summed E-state index contributed by atoms with van der Waals surface area (Å²) in [5.74, 6) is 2.89. The molecule has 0 aromatic heterocycles. The molecule has 4 fully saturated rings. The van der Waals surface area contributed by atoms with E-state index in [2.05, 4.69) is 42.0 Å². The lowest BCUT2D eigenvalue weighted by Crippen LogP contribution is -2.56. The van der Waals surface area contributed by atoms with E-state index in [1.807, 2.05) is 0 Å². The lowest BCUT2D eigenvalue weighted by atomic mass is 9.49. The molecule has 4 aliphatic carbocycles. The Balaban J connectivity index is 1.72. The minimum Gasteiger partial charge on any atom is -0.352 e. The Morgan fingerprint density at radius 1 is 1.14 bits per heavy atom. The average Bonchev–Trinajstić information content (AvgIpc) is 2.35. The second-order valence-electron chi connectivity index (χ2n) is 9.07. The Kier molecular flexibility index (Phi) is 4.18. The van der Waals surface area contributed by atoms with E-state index >= 15 is 0 Å². The van der Waals surface area contributed by atoms with Gasteiger partial charge in [0, 0.05) is 16.8 Å². The number of nitrogens with one attached hydrogen (secondary N) is 1. The minimum absolute atomic E-state index is 0.00936. The zero-order valence-electron chi connectivity index (χ0n) is 13.8. The number of carbonyl (C=O) groups is 1. The van der Waals surface area contributed by atoms with Crippen LogP contribution in [0.2, 0.25) is 0 Å². The van der Waals surface area contributed by atoms with Gasteiger partial charge in [-0.15, -0.1) is 0 Å². The molecule has 21 heavy (non-hydrogen) atoms. The first-order valence-corrected chi connectivity index (χ1v) is 9.81. The van der Waals surface area contributed by atoms with E-state index in [4.69, 9.17) is 0 Å². The normalized spacial score (nSPS) is 39.3. The van der Waals surface area contributed by atoms with E-state index < -0.39 is 0 Å². The number of alkyl halides is 1. The maximum atomic E-state index is 13.1. The van der Waals surface area contributed by atoms with Crippen molar-refractivity contribution in [3.8, 4) is 0 Å². The van der Waals surface area contributed by atoms with E-state index in [0.717, 1.165) is 48.8 Å². The molecule has 4 bridgehead atoms. The Morgan fingerprint density at radius 2 is 1.62 bits per heavy atom. The van der Waals surface area contributed by atoms with Crippen molar-refractivity contribution in [2.75, 3.05) is 5.33 Å². The van der Waals surface area contributed by atoms with Gasteiger partial charge in [0.2, 0.25) is 5.91 Å². The minimum atomic E-state index is -0.00936. The van der Waals surface area contributed by atoms with Crippen LogP contribution in [-0.4, -0.2) is 17.3 Å². The average molecular weight is 356 g/mol. The standard InChI is InChI=1S/C18H30BrNO/c1-17(2,3)15(4-5-19)20-16(21)18-9-12-6-13(10-18)8-14(7-12)11-18/h12-15H,4-11H2,1-3H3,(H,20,21). The van der Waals surface area contributed by atoms with Crippen LogP contribution in [-0.2, 0) is 4.79 Å². The van der Waals surface area contributed by atoms with Gasteiger partial charge >= 0.3 is 0 Å². The van der Waals surface area contributed by atoms with Gasteiger partial charge in [0.1, 0.15) is 0 Å². The van der Waals surface area contributed by atoms with Crippen LogP contribution in [0.25, 0.3) is 0 Å². The van der Waals surface area contributed by atoms with Crippen LogP contribution in [0.4, 0.5) is 0 Å². The summed E-state index contributed by atoms with van der Waals surface area (Å²) >= 11 is 3.54. The molecule has 4 rings (SSSR count). The number of halogens is 1. The predicted molar refractivity (Wildman–Crippen MR) is 90.4 cm³/mol. The van der Waals surface area contributed by atoms with Gasteiger partial charge < -0.3 is 5.32 Å². The van der Waals surface area contributed by atoms with Gasteiger partial charge in [-0.2, -0.15) is 0 Å². The van der Waals surface area contributed by atoms with Crippen LogP contribution in [0.15, 0.2) is 0 Å². The molecule has 1 N–H and O–H groups in total. The Bertz CT molecular complexity index is 377. The van der Waals surface area contributed by atoms with Gasteiger partial charge in [-0.05, 0) is 68.1 Å². The summed E-state index contributed by atoms with van der Waals surface area (Å²) in [7, 11) is 0. The third-order valence-corrected chi connectivity index (χ3v) is 6.73. The zero-order valence-corrected chi connectivity index (χ0v) is 15.3. The molecular weight excluding hydrogens is 326 g/mol. The van der Waals surface area contributed by atoms with E-state index in [-0.39, 0.29) is 16.9 Å². The lowest BCUT2D eigenvalue weighted by molar-refractivity contribution is -0.147. The van der Waals surface area contributed by atoms with Crippen molar-refractivity contribution in [1.82, 2.24) is 5.32 Å². The highest BCUT2D eigenvalue weighted by Gasteiger charge is 2.54. The summed E-state index contributed by atoms with van der Waals surface area (Å²) < 4.78 is 0. The van der Waals surface area contributed by atoms with Gasteiger partial charge in [-0.25, -0.2) is 0 Å². The number of rotatable bonds is 4. The summed E-state index contributed by atoms with van der Waals surface area (Å²) in [4.78, 5) is 13.1. The van der Waals surface area contributed by atoms with Gasteiger partial charge in [0.15, 0.2) is 0 Å². The molecule has 0 saturated heterocycles. The molecule has 0 spiro atoms. The van der Waals surface area contributed by atoms with Crippen molar-refractivity contribution in [3.05, 3.63) is 0 Å². The van der Waals surface area contributed by atoms with Crippen LogP contribution < -0.4 is 5.32 Å². The van der Waals surface area contributed by atoms with E-state index in [9.17, 15) is 4.79 Å². The molecular formula is C18H30BrNO. The maximum Gasteiger partial charge on any atom is 0.226 e. The first-order chi connectivity index (χ1) is 9.82. The highest BCUT2D eigenvalue weighted by molar-refractivity contribution is 9.09. The van der Waals surface area contributed by atoms with E-state index in [1.54, 1.807) is 0 Å². The summed E-state index contributed by atoms with van der Waals surface area (Å²) in [6.07, 6.45) is 8.70. The second-order valence-corrected chi connectivity index (χ2v) is 9.86. The van der Waals surface area contributed by atoms with Gasteiger partial charge in [0.05, 0.1) is 0 Å². The maximum absolute atomic E-state index is 13.1. The Hall–Kier alpha value is -0.0500.